The lowest BCUT2D eigenvalue weighted by Gasteiger charge is -1.93. The number of hydrogen-bond donors (Lipinski definition) is 0. The second kappa shape index (κ2) is 5.63. The average Bonchev–Trinajstić information content (AvgIpc) is 2.05. The first kappa shape index (κ1) is 11.0. The summed E-state index contributed by atoms with van der Waals surface area (Å²) in [6, 6.07) is 1.98. The van der Waals surface area contributed by atoms with E-state index < -0.39 is 5.92 Å². The molecule has 0 aromatic rings. The van der Waals surface area contributed by atoms with E-state index in [-0.39, 0.29) is 0 Å². The number of rotatable bonds is 2. The van der Waals surface area contributed by atoms with Crippen molar-refractivity contribution in [2.24, 2.45) is 5.92 Å². The van der Waals surface area contributed by atoms with Gasteiger partial charge in [0.25, 0.3) is 0 Å². The van der Waals surface area contributed by atoms with Gasteiger partial charge in [-0.2, -0.15) is 5.26 Å². The lowest BCUT2D eigenvalue weighted by Crippen LogP contribution is -1.84. The third-order valence-corrected chi connectivity index (χ3v) is 2.29. The van der Waals surface area contributed by atoms with E-state index >= 15 is 0 Å². The normalized spacial score (nSPS) is 11.8. The molecular formula is C10H10BrN. The number of allylic oxidation sites excluding steroid dienone is 4. The monoisotopic (exact) mass is 223 g/mol. The molecule has 0 amide bonds. The summed E-state index contributed by atoms with van der Waals surface area (Å²) in [4.78, 5) is 0. The van der Waals surface area contributed by atoms with Crippen molar-refractivity contribution in [1.82, 2.24) is 0 Å². The molecule has 0 rings (SSSR count). The number of nitrogens with zero attached hydrogens (tertiary/aromatic N) is 1. The summed E-state index contributed by atoms with van der Waals surface area (Å²) < 4.78 is 0.970. The lowest BCUT2D eigenvalue weighted by molar-refractivity contribution is 1.13. The topological polar surface area (TPSA) is 23.8 Å². The van der Waals surface area contributed by atoms with Gasteiger partial charge in [0.2, 0.25) is 0 Å². The fraction of sp³-hybridized carbons (Fsp3) is 0.300. The van der Waals surface area contributed by atoms with Crippen molar-refractivity contribution < 1.29 is 0 Å². The van der Waals surface area contributed by atoms with Crippen LogP contribution in [0.5, 0.6) is 0 Å². The first-order valence-electron chi connectivity index (χ1n) is 3.48. The van der Waals surface area contributed by atoms with Crippen LogP contribution in [0.25, 0.3) is 0 Å². The van der Waals surface area contributed by atoms with Gasteiger partial charge < -0.3 is 0 Å². The Morgan fingerprint density at radius 3 is 2.50 bits per heavy atom. The molecule has 62 valence electrons. The maximum Gasteiger partial charge on any atom is 0.125 e. The van der Waals surface area contributed by atoms with Gasteiger partial charge in [-0.1, -0.05) is 33.5 Å². The molecule has 0 aliphatic heterocycles. The number of nitriles is 1. The Kier molecular flexibility index (Phi) is 5.17. The van der Waals surface area contributed by atoms with Crippen molar-refractivity contribution in [3.63, 3.8) is 0 Å². The second-order valence-corrected chi connectivity index (χ2v) is 3.33. The third-order valence-electron chi connectivity index (χ3n) is 1.23. The molecule has 0 spiro atoms. The Labute approximate surface area is 81.9 Å². The van der Waals surface area contributed by atoms with Crippen LogP contribution in [0.15, 0.2) is 22.2 Å². The number of terminal acetylenes is 1. The van der Waals surface area contributed by atoms with E-state index in [9.17, 15) is 0 Å². The predicted octanol–water partition coefficient (Wildman–Crippen LogP) is 3.00. The van der Waals surface area contributed by atoms with Gasteiger partial charge in [-0.05, 0) is 19.9 Å². The molecule has 0 aromatic carbocycles. The molecule has 0 aliphatic rings. The Hall–Kier alpha value is -0.990. The summed E-state index contributed by atoms with van der Waals surface area (Å²) in [6.07, 6.45) is 8.59. The van der Waals surface area contributed by atoms with Crippen LogP contribution in [0.3, 0.4) is 0 Å². The molecule has 0 N–H and O–H groups in total. The maximum atomic E-state index is 8.50. The van der Waals surface area contributed by atoms with Crippen LogP contribution in [-0.4, -0.2) is 0 Å². The zero-order valence-electron chi connectivity index (χ0n) is 7.13. The first-order chi connectivity index (χ1) is 5.61. The molecule has 0 saturated heterocycles. The standard InChI is InChI=1S/C10H10BrN/c1-4-9(7-12)5-6-10(11)8(2)3/h1,5-6,9H,2-3H3/b6-5-. The summed E-state index contributed by atoms with van der Waals surface area (Å²) in [5.74, 6) is 1.92. The van der Waals surface area contributed by atoms with Gasteiger partial charge in [-0.15, -0.1) is 6.42 Å². The quantitative estimate of drug-likeness (QED) is 0.522. The summed E-state index contributed by atoms with van der Waals surface area (Å²) in [5.41, 5.74) is 1.15. The van der Waals surface area contributed by atoms with E-state index in [1.807, 2.05) is 26.0 Å². The number of halogens is 1. The summed E-state index contributed by atoms with van der Waals surface area (Å²) >= 11 is 3.34. The third kappa shape index (κ3) is 4.01. The Morgan fingerprint density at radius 2 is 2.17 bits per heavy atom. The SMILES string of the molecule is C#CC(C#N)/C=C\C(Br)=C(C)C. The van der Waals surface area contributed by atoms with Crippen molar-refractivity contribution in [3.05, 3.63) is 22.2 Å². The molecule has 1 nitrogen and oxygen atoms in total. The fourth-order valence-electron chi connectivity index (χ4n) is 0.483. The molecule has 12 heavy (non-hydrogen) atoms. The lowest BCUT2D eigenvalue weighted by atomic mass is 10.1. The molecule has 0 radical (unpaired) electrons. The number of hydrogen-bond acceptors (Lipinski definition) is 1. The summed E-state index contributed by atoms with van der Waals surface area (Å²) in [6.45, 7) is 3.96. The minimum Gasteiger partial charge on any atom is -0.197 e. The summed E-state index contributed by atoms with van der Waals surface area (Å²) in [5, 5.41) is 8.50. The van der Waals surface area contributed by atoms with Gasteiger partial charge in [0.05, 0.1) is 6.07 Å². The molecule has 0 heterocycles. The van der Waals surface area contributed by atoms with Gasteiger partial charge in [0.15, 0.2) is 0 Å². The van der Waals surface area contributed by atoms with E-state index in [4.69, 9.17) is 11.7 Å². The van der Waals surface area contributed by atoms with Crippen molar-refractivity contribution in [3.8, 4) is 18.4 Å². The molecule has 2 heteroatoms. The second-order valence-electron chi connectivity index (χ2n) is 2.48. The van der Waals surface area contributed by atoms with Gasteiger partial charge in [-0.25, -0.2) is 0 Å². The zero-order chi connectivity index (χ0) is 9.56. The van der Waals surface area contributed by atoms with Gasteiger partial charge in [-0.3, -0.25) is 0 Å². The zero-order valence-corrected chi connectivity index (χ0v) is 8.72. The van der Waals surface area contributed by atoms with Crippen molar-refractivity contribution in [2.45, 2.75) is 13.8 Å². The highest BCUT2D eigenvalue weighted by Gasteiger charge is 1.95. The van der Waals surface area contributed by atoms with Crippen molar-refractivity contribution in [2.75, 3.05) is 0 Å². The average molecular weight is 224 g/mol. The molecule has 0 aromatic heterocycles. The van der Waals surface area contributed by atoms with Crippen LogP contribution in [0.1, 0.15) is 13.8 Å². The van der Waals surface area contributed by atoms with Gasteiger partial charge >= 0.3 is 0 Å². The van der Waals surface area contributed by atoms with Crippen molar-refractivity contribution in [1.29, 1.82) is 5.26 Å². The van der Waals surface area contributed by atoms with Crippen LogP contribution in [0.4, 0.5) is 0 Å². The Bertz CT molecular complexity index is 268. The van der Waals surface area contributed by atoms with Crippen LogP contribution < -0.4 is 0 Å². The molecule has 0 fully saturated rings. The highest BCUT2D eigenvalue weighted by molar-refractivity contribution is 9.11. The van der Waals surface area contributed by atoms with Crippen LogP contribution in [0.2, 0.25) is 0 Å². The van der Waals surface area contributed by atoms with E-state index in [1.54, 1.807) is 6.08 Å². The molecule has 0 bridgehead atoms. The molecule has 1 unspecified atom stereocenters. The maximum absolute atomic E-state index is 8.50. The molecule has 0 aliphatic carbocycles. The minimum absolute atomic E-state index is 0.433. The van der Waals surface area contributed by atoms with Crippen LogP contribution in [-0.2, 0) is 0 Å². The van der Waals surface area contributed by atoms with Crippen molar-refractivity contribution >= 4 is 15.9 Å². The van der Waals surface area contributed by atoms with E-state index in [1.165, 1.54) is 0 Å². The van der Waals surface area contributed by atoms with E-state index in [0.717, 1.165) is 10.1 Å². The summed E-state index contributed by atoms with van der Waals surface area (Å²) in [7, 11) is 0. The van der Waals surface area contributed by atoms with Gasteiger partial charge in [0.1, 0.15) is 5.92 Å². The fourth-order valence-corrected chi connectivity index (χ4v) is 0.636. The van der Waals surface area contributed by atoms with Crippen LogP contribution >= 0.6 is 15.9 Å². The predicted molar refractivity (Wildman–Crippen MR) is 54.4 cm³/mol. The van der Waals surface area contributed by atoms with Gasteiger partial charge in [0, 0.05) is 4.48 Å². The Morgan fingerprint density at radius 1 is 1.58 bits per heavy atom. The highest BCUT2D eigenvalue weighted by atomic mass is 79.9. The highest BCUT2D eigenvalue weighted by Crippen LogP contribution is 2.13. The molecular weight excluding hydrogens is 214 g/mol. The minimum atomic E-state index is -0.433. The Balaban J connectivity index is 4.39. The van der Waals surface area contributed by atoms with E-state index in [0.29, 0.717) is 0 Å². The van der Waals surface area contributed by atoms with Crippen LogP contribution in [0, 0.1) is 29.6 Å². The molecule has 1 atom stereocenters. The van der Waals surface area contributed by atoms with E-state index in [2.05, 4.69) is 21.9 Å². The largest absolute Gasteiger partial charge is 0.197 e. The first-order valence-corrected chi connectivity index (χ1v) is 4.28. The smallest absolute Gasteiger partial charge is 0.125 e. The molecule has 0 saturated carbocycles.